The van der Waals surface area contributed by atoms with Gasteiger partial charge < -0.3 is 20.1 Å². The summed E-state index contributed by atoms with van der Waals surface area (Å²) in [5.74, 6) is -0.479. The monoisotopic (exact) mass is 454 g/mol. The number of carbonyl (C=O) groups is 2. The molecule has 0 radical (unpaired) electrons. The van der Waals surface area contributed by atoms with E-state index in [-0.39, 0.29) is 36.6 Å². The molecule has 1 saturated heterocycles. The summed E-state index contributed by atoms with van der Waals surface area (Å²) in [5.41, 5.74) is 2.26. The fourth-order valence-electron chi connectivity index (χ4n) is 4.32. The largest absolute Gasteiger partial charge is 0.444 e. The van der Waals surface area contributed by atoms with E-state index in [1.54, 1.807) is 24.0 Å². The number of para-hydroxylation sites is 1. The number of nitro groups is 1. The molecule has 174 valence electrons. The summed E-state index contributed by atoms with van der Waals surface area (Å²) in [6.45, 7) is 2.71. The summed E-state index contributed by atoms with van der Waals surface area (Å²) in [6, 6.07) is 11.5. The highest BCUT2D eigenvalue weighted by atomic mass is 16.6. The number of anilines is 2. The first-order valence-corrected chi connectivity index (χ1v) is 10.9. The van der Waals surface area contributed by atoms with Crippen LogP contribution in [0.5, 0.6) is 0 Å². The Morgan fingerprint density at radius 2 is 1.97 bits per heavy atom. The second kappa shape index (κ2) is 9.45. The topological polar surface area (TPSA) is 125 Å². The maximum Gasteiger partial charge on any atom is 0.414 e. The SMILES string of the molecule is CC(CO)NC(=O)c1ccc(N2CCC(N3C(=O)OCc4ccccc43)CC2)c([N+](=O)[O-])c1. The van der Waals surface area contributed by atoms with Gasteiger partial charge in [-0.05, 0) is 38.0 Å². The predicted molar refractivity (Wildman–Crippen MR) is 121 cm³/mol. The van der Waals surface area contributed by atoms with E-state index in [1.165, 1.54) is 6.07 Å². The van der Waals surface area contributed by atoms with Crippen molar-refractivity contribution in [2.45, 2.75) is 38.5 Å². The van der Waals surface area contributed by atoms with Crippen molar-refractivity contribution in [2.24, 2.45) is 0 Å². The number of nitrogens with one attached hydrogen (secondary N) is 1. The van der Waals surface area contributed by atoms with E-state index >= 15 is 0 Å². The zero-order valence-corrected chi connectivity index (χ0v) is 18.3. The van der Waals surface area contributed by atoms with E-state index in [2.05, 4.69) is 5.32 Å². The number of rotatable bonds is 6. The van der Waals surface area contributed by atoms with Gasteiger partial charge in [-0.15, -0.1) is 0 Å². The summed E-state index contributed by atoms with van der Waals surface area (Å²) in [7, 11) is 0. The average Bonchev–Trinajstić information content (AvgIpc) is 2.83. The van der Waals surface area contributed by atoms with Crippen LogP contribution >= 0.6 is 0 Å². The van der Waals surface area contributed by atoms with Gasteiger partial charge in [-0.3, -0.25) is 19.8 Å². The van der Waals surface area contributed by atoms with Gasteiger partial charge in [0.15, 0.2) is 0 Å². The van der Waals surface area contributed by atoms with Gasteiger partial charge in [-0.2, -0.15) is 0 Å². The van der Waals surface area contributed by atoms with Crippen LogP contribution in [0, 0.1) is 10.1 Å². The number of carbonyl (C=O) groups excluding carboxylic acids is 2. The molecule has 2 aliphatic heterocycles. The van der Waals surface area contributed by atoms with Crippen LogP contribution in [0.1, 0.15) is 35.7 Å². The number of benzene rings is 2. The molecule has 4 rings (SSSR count). The fraction of sp³-hybridized carbons (Fsp3) is 0.391. The lowest BCUT2D eigenvalue weighted by atomic mass is 9.99. The second-order valence-electron chi connectivity index (χ2n) is 8.29. The molecular formula is C23H26N4O6. The van der Waals surface area contributed by atoms with Crippen molar-refractivity contribution in [1.29, 1.82) is 0 Å². The van der Waals surface area contributed by atoms with E-state index in [9.17, 15) is 19.7 Å². The molecule has 0 aliphatic carbocycles. The van der Waals surface area contributed by atoms with Crippen LogP contribution in [0.4, 0.5) is 21.9 Å². The van der Waals surface area contributed by atoms with Gasteiger partial charge in [0, 0.05) is 42.4 Å². The molecule has 1 atom stereocenters. The Bertz CT molecular complexity index is 1070. The van der Waals surface area contributed by atoms with Gasteiger partial charge in [-0.25, -0.2) is 4.79 Å². The molecule has 33 heavy (non-hydrogen) atoms. The number of fused-ring (bicyclic) bond motifs is 1. The van der Waals surface area contributed by atoms with Crippen LogP contribution in [0.15, 0.2) is 42.5 Å². The Kier molecular flexibility index (Phi) is 6.45. The Morgan fingerprint density at radius 3 is 2.67 bits per heavy atom. The molecule has 2 amide bonds. The molecule has 0 saturated carbocycles. The number of aliphatic hydroxyl groups is 1. The third-order valence-corrected chi connectivity index (χ3v) is 6.05. The number of hydrogen-bond donors (Lipinski definition) is 2. The molecule has 1 unspecified atom stereocenters. The summed E-state index contributed by atoms with van der Waals surface area (Å²) in [4.78, 5) is 39.7. The molecule has 0 bridgehead atoms. The zero-order valence-electron chi connectivity index (χ0n) is 18.3. The molecule has 0 aromatic heterocycles. The Balaban J connectivity index is 1.50. The maximum absolute atomic E-state index is 12.5. The van der Waals surface area contributed by atoms with Crippen molar-refractivity contribution in [3.05, 3.63) is 63.7 Å². The Hall–Kier alpha value is -3.66. The van der Waals surface area contributed by atoms with Crippen molar-refractivity contribution in [3.63, 3.8) is 0 Å². The smallest absolute Gasteiger partial charge is 0.414 e. The maximum atomic E-state index is 12.5. The molecule has 2 aromatic carbocycles. The first kappa shape index (κ1) is 22.5. The minimum Gasteiger partial charge on any atom is -0.444 e. The fourth-order valence-corrected chi connectivity index (χ4v) is 4.32. The quantitative estimate of drug-likeness (QED) is 0.508. The lowest BCUT2D eigenvalue weighted by Crippen LogP contribution is -2.49. The molecular weight excluding hydrogens is 428 g/mol. The Morgan fingerprint density at radius 1 is 1.24 bits per heavy atom. The normalized spacial score (nSPS) is 17.2. The van der Waals surface area contributed by atoms with Crippen LogP contribution in [0.3, 0.4) is 0 Å². The highest BCUT2D eigenvalue weighted by Crippen LogP contribution is 2.35. The van der Waals surface area contributed by atoms with Gasteiger partial charge in [0.05, 0.1) is 17.2 Å². The van der Waals surface area contributed by atoms with E-state index in [0.29, 0.717) is 31.6 Å². The minimum absolute atomic E-state index is 0.0701. The van der Waals surface area contributed by atoms with Crippen LogP contribution in [0.25, 0.3) is 0 Å². The van der Waals surface area contributed by atoms with Gasteiger partial charge >= 0.3 is 6.09 Å². The van der Waals surface area contributed by atoms with Crippen LogP contribution < -0.4 is 15.1 Å². The molecule has 2 aromatic rings. The number of aliphatic hydroxyl groups excluding tert-OH is 1. The summed E-state index contributed by atoms with van der Waals surface area (Å²) < 4.78 is 5.33. The van der Waals surface area contributed by atoms with Crippen LogP contribution in [-0.4, -0.2) is 53.8 Å². The van der Waals surface area contributed by atoms with Crippen molar-refractivity contribution in [1.82, 2.24) is 5.32 Å². The number of hydrogen-bond acceptors (Lipinski definition) is 7. The summed E-state index contributed by atoms with van der Waals surface area (Å²) >= 11 is 0. The summed E-state index contributed by atoms with van der Waals surface area (Å²) in [5, 5.41) is 23.5. The highest BCUT2D eigenvalue weighted by molar-refractivity contribution is 5.96. The van der Waals surface area contributed by atoms with Gasteiger partial charge in [0.1, 0.15) is 12.3 Å². The minimum atomic E-state index is -0.494. The number of nitro benzene ring substituents is 1. The first-order valence-electron chi connectivity index (χ1n) is 10.9. The van der Waals surface area contributed by atoms with E-state index < -0.39 is 16.9 Å². The van der Waals surface area contributed by atoms with Gasteiger partial charge in [-0.1, -0.05) is 18.2 Å². The molecule has 0 spiro atoms. The third-order valence-electron chi connectivity index (χ3n) is 6.05. The molecule has 10 heteroatoms. The number of ether oxygens (including phenoxy) is 1. The highest BCUT2D eigenvalue weighted by Gasteiger charge is 2.35. The van der Waals surface area contributed by atoms with E-state index in [4.69, 9.17) is 9.84 Å². The molecule has 1 fully saturated rings. The number of nitrogens with zero attached hydrogens (tertiary/aromatic N) is 3. The van der Waals surface area contributed by atoms with Gasteiger partial charge in [0.2, 0.25) is 0 Å². The third kappa shape index (κ3) is 4.61. The second-order valence-corrected chi connectivity index (χ2v) is 8.29. The van der Waals surface area contributed by atoms with Crippen molar-refractivity contribution < 1.29 is 24.4 Å². The van der Waals surface area contributed by atoms with Crippen LogP contribution in [-0.2, 0) is 11.3 Å². The van der Waals surface area contributed by atoms with Crippen LogP contribution in [0.2, 0.25) is 0 Å². The summed E-state index contributed by atoms with van der Waals surface area (Å²) in [6.07, 6.45) is 0.874. The Labute approximate surface area is 190 Å². The van der Waals surface area contributed by atoms with Crippen molar-refractivity contribution in [3.8, 4) is 0 Å². The number of amides is 2. The lowest BCUT2D eigenvalue weighted by Gasteiger charge is -2.40. The number of piperidine rings is 1. The predicted octanol–water partition coefficient (Wildman–Crippen LogP) is 2.83. The molecule has 2 aliphatic rings. The standard InChI is InChI=1S/C23H26N4O6/c1-15(13-28)24-22(29)16-6-7-20(21(12-16)27(31)32)25-10-8-18(9-11-25)26-19-5-3-2-4-17(19)14-33-23(26)30/h2-7,12,15,18,28H,8-11,13-14H2,1H3,(H,24,29). The van der Waals surface area contributed by atoms with Crippen molar-refractivity contribution >= 4 is 29.1 Å². The molecule has 10 nitrogen and oxygen atoms in total. The number of cyclic esters (lactones) is 1. The zero-order chi connectivity index (χ0) is 23.5. The first-order chi connectivity index (χ1) is 15.9. The van der Waals surface area contributed by atoms with E-state index in [1.807, 2.05) is 29.2 Å². The van der Waals surface area contributed by atoms with Gasteiger partial charge in [0.25, 0.3) is 11.6 Å². The van der Waals surface area contributed by atoms with E-state index in [0.717, 1.165) is 11.3 Å². The van der Waals surface area contributed by atoms with Crippen molar-refractivity contribution in [2.75, 3.05) is 29.5 Å². The average molecular weight is 454 g/mol. The molecule has 2 heterocycles. The lowest BCUT2D eigenvalue weighted by molar-refractivity contribution is -0.384. The molecule has 2 N–H and O–H groups in total.